The van der Waals surface area contributed by atoms with Gasteiger partial charge in [-0.15, -0.1) is 0 Å². The van der Waals surface area contributed by atoms with E-state index < -0.39 is 8.32 Å². The lowest BCUT2D eigenvalue weighted by Crippen LogP contribution is -2.49. The number of hydrogen-bond acceptors (Lipinski definition) is 1. The van der Waals surface area contributed by atoms with Crippen molar-refractivity contribution in [2.75, 3.05) is 0 Å². The minimum absolute atomic E-state index is 0.143. The Morgan fingerprint density at radius 3 is 2.17 bits per heavy atom. The zero-order valence-corrected chi connectivity index (χ0v) is 12.6. The second-order valence-electron chi connectivity index (χ2n) is 7.56. The highest BCUT2D eigenvalue weighted by Gasteiger charge is 2.57. The Balaban J connectivity index is 1.60. The summed E-state index contributed by atoms with van der Waals surface area (Å²) >= 11 is 0. The molecule has 4 atom stereocenters. The minimum Gasteiger partial charge on any atom is -0.408 e. The van der Waals surface area contributed by atoms with Crippen LogP contribution in [-0.4, -0.2) is 13.9 Å². The molecule has 4 aliphatic carbocycles. The van der Waals surface area contributed by atoms with Crippen molar-refractivity contribution in [3.63, 3.8) is 0 Å². The third-order valence-corrected chi connectivity index (χ3v) is 10.1. The third kappa shape index (κ3) is 1.42. The van der Waals surface area contributed by atoms with Gasteiger partial charge in [0.15, 0.2) is 8.32 Å². The lowest BCUT2D eigenvalue weighted by atomic mass is 10.0. The maximum atomic E-state index is 6.88. The number of allylic oxidation sites excluding steroid dienone is 3. The average molecular weight is 260 g/mol. The molecule has 98 valence electrons. The van der Waals surface area contributed by atoms with Crippen molar-refractivity contribution in [2.45, 2.75) is 62.3 Å². The standard InChI is InChI=1S/C16H24OSi/c1-18(2,16-9-5-14(12-16)6-10-16)17-15-7-3-13(11-15)4-8-15/h3,5,7,9,13-14H,4,6,8,10-12H2,1-2H3. The first-order valence-corrected chi connectivity index (χ1v) is 10.5. The molecule has 0 aromatic heterocycles. The van der Waals surface area contributed by atoms with E-state index in [1.165, 1.54) is 38.5 Å². The van der Waals surface area contributed by atoms with Crippen LogP contribution in [0.3, 0.4) is 0 Å². The molecular formula is C16H24OSi. The first-order valence-electron chi connectivity index (χ1n) is 7.62. The van der Waals surface area contributed by atoms with Gasteiger partial charge in [-0.3, -0.25) is 0 Å². The molecule has 4 bridgehead atoms. The van der Waals surface area contributed by atoms with E-state index >= 15 is 0 Å². The van der Waals surface area contributed by atoms with Gasteiger partial charge in [0.25, 0.3) is 0 Å². The summed E-state index contributed by atoms with van der Waals surface area (Å²) in [6.07, 6.45) is 17.9. The summed E-state index contributed by atoms with van der Waals surface area (Å²) in [5, 5.41) is 0.459. The lowest BCUT2D eigenvalue weighted by Gasteiger charge is -2.44. The summed E-state index contributed by atoms with van der Waals surface area (Å²) < 4.78 is 6.88. The molecule has 0 N–H and O–H groups in total. The van der Waals surface area contributed by atoms with Gasteiger partial charge in [-0.25, -0.2) is 0 Å². The van der Waals surface area contributed by atoms with E-state index in [-0.39, 0.29) is 5.60 Å². The van der Waals surface area contributed by atoms with E-state index in [0.29, 0.717) is 5.04 Å². The van der Waals surface area contributed by atoms with Crippen LogP contribution in [0.5, 0.6) is 0 Å². The third-order valence-electron chi connectivity index (χ3n) is 6.15. The molecule has 18 heavy (non-hydrogen) atoms. The van der Waals surface area contributed by atoms with Gasteiger partial charge < -0.3 is 4.43 Å². The molecule has 4 aliphatic rings. The molecule has 2 fully saturated rings. The molecule has 0 aliphatic heterocycles. The van der Waals surface area contributed by atoms with Gasteiger partial charge in [0.05, 0.1) is 5.60 Å². The molecule has 0 radical (unpaired) electrons. The SMILES string of the molecule is C[Si](C)(OC12C=CC(CC1)C2)C12C=CC(CC1)C2. The highest BCUT2D eigenvalue weighted by atomic mass is 28.4. The normalized spacial score (nSPS) is 48.6. The molecule has 0 spiro atoms. The van der Waals surface area contributed by atoms with Gasteiger partial charge in [-0.05, 0) is 63.5 Å². The van der Waals surface area contributed by atoms with Crippen molar-refractivity contribution < 1.29 is 4.43 Å². The minimum atomic E-state index is -1.65. The summed E-state index contributed by atoms with van der Waals surface area (Å²) in [6, 6.07) is 0. The van der Waals surface area contributed by atoms with Crippen molar-refractivity contribution in [3.8, 4) is 0 Å². The van der Waals surface area contributed by atoms with Crippen LogP contribution in [0.1, 0.15) is 38.5 Å². The first kappa shape index (κ1) is 11.5. The van der Waals surface area contributed by atoms with Gasteiger partial charge in [0.2, 0.25) is 0 Å². The molecule has 1 nitrogen and oxygen atoms in total. The molecule has 0 heterocycles. The summed E-state index contributed by atoms with van der Waals surface area (Å²) in [7, 11) is -1.65. The molecule has 4 rings (SSSR count). The van der Waals surface area contributed by atoms with Gasteiger partial charge in [-0.2, -0.15) is 0 Å². The van der Waals surface area contributed by atoms with Gasteiger partial charge >= 0.3 is 0 Å². The van der Waals surface area contributed by atoms with Crippen molar-refractivity contribution in [3.05, 3.63) is 24.3 Å². The zero-order valence-electron chi connectivity index (χ0n) is 11.6. The molecule has 0 aromatic carbocycles. The Morgan fingerprint density at radius 1 is 1.00 bits per heavy atom. The van der Waals surface area contributed by atoms with Crippen LogP contribution < -0.4 is 0 Å². The van der Waals surface area contributed by atoms with Gasteiger partial charge in [-0.1, -0.05) is 24.3 Å². The Hall–Kier alpha value is -0.343. The number of fused-ring (bicyclic) bond motifs is 4. The highest BCUT2D eigenvalue weighted by molar-refractivity contribution is 6.75. The Bertz CT molecular complexity index is 438. The quantitative estimate of drug-likeness (QED) is 0.539. The summed E-state index contributed by atoms with van der Waals surface area (Å²) in [4.78, 5) is 0. The molecule has 2 heteroatoms. The van der Waals surface area contributed by atoms with Crippen LogP contribution in [0.4, 0.5) is 0 Å². The van der Waals surface area contributed by atoms with Crippen molar-refractivity contribution >= 4 is 8.32 Å². The van der Waals surface area contributed by atoms with Crippen LogP contribution in [0.15, 0.2) is 24.3 Å². The highest BCUT2D eigenvalue weighted by Crippen LogP contribution is 2.62. The molecule has 0 aromatic rings. The monoisotopic (exact) mass is 260 g/mol. The predicted molar refractivity (Wildman–Crippen MR) is 77.0 cm³/mol. The predicted octanol–water partition coefficient (Wildman–Crippen LogP) is 4.43. The molecule has 0 amide bonds. The second-order valence-corrected chi connectivity index (χ2v) is 11.8. The largest absolute Gasteiger partial charge is 0.408 e. The molecule has 4 unspecified atom stereocenters. The fourth-order valence-electron chi connectivity index (χ4n) is 4.94. The van der Waals surface area contributed by atoms with Crippen LogP contribution in [0, 0.1) is 11.8 Å². The zero-order chi connectivity index (χ0) is 12.4. The maximum Gasteiger partial charge on any atom is 0.197 e. The van der Waals surface area contributed by atoms with Crippen LogP contribution >= 0.6 is 0 Å². The van der Waals surface area contributed by atoms with E-state index in [2.05, 4.69) is 37.4 Å². The fourth-order valence-corrected chi connectivity index (χ4v) is 8.41. The first-order chi connectivity index (χ1) is 8.53. The second kappa shape index (κ2) is 3.40. The van der Waals surface area contributed by atoms with Crippen LogP contribution in [0.25, 0.3) is 0 Å². The smallest absolute Gasteiger partial charge is 0.197 e. The molecule has 0 saturated heterocycles. The number of hydrogen-bond donors (Lipinski definition) is 0. The van der Waals surface area contributed by atoms with E-state index in [0.717, 1.165) is 11.8 Å². The fraction of sp³-hybridized carbons (Fsp3) is 0.750. The lowest BCUT2D eigenvalue weighted by molar-refractivity contribution is 0.113. The van der Waals surface area contributed by atoms with E-state index in [1.807, 2.05) is 0 Å². The van der Waals surface area contributed by atoms with Crippen molar-refractivity contribution in [2.24, 2.45) is 11.8 Å². The van der Waals surface area contributed by atoms with Crippen LogP contribution in [0.2, 0.25) is 18.1 Å². The number of rotatable bonds is 3. The van der Waals surface area contributed by atoms with Crippen LogP contribution in [-0.2, 0) is 4.43 Å². The molecular weight excluding hydrogens is 236 g/mol. The Kier molecular flexibility index (Phi) is 2.17. The van der Waals surface area contributed by atoms with E-state index in [1.54, 1.807) is 0 Å². The van der Waals surface area contributed by atoms with Crippen molar-refractivity contribution in [1.29, 1.82) is 0 Å². The van der Waals surface area contributed by atoms with E-state index in [9.17, 15) is 0 Å². The Morgan fingerprint density at radius 2 is 1.72 bits per heavy atom. The van der Waals surface area contributed by atoms with Crippen molar-refractivity contribution in [1.82, 2.24) is 0 Å². The maximum absolute atomic E-state index is 6.88. The summed E-state index contributed by atoms with van der Waals surface area (Å²) in [6.45, 7) is 4.94. The topological polar surface area (TPSA) is 9.23 Å². The van der Waals surface area contributed by atoms with E-state index in [4.69, 9.17) is 4.43 Å². The average Bonchev–Trinajstić information content (AvgIpc) is 3.08. The Labute approximate surface area is 111 Å². The summed E-state index contributed by atoms with van der Waals surface area (Å²) in [5.74, 6) is 1.69. The summed E-state index contributed by atoms with van der Waals surface area (Å²) in [5.41, 5.74) is 0.143. The van der Waals surface area contributed by atoms with Gasteiger partial charge in [0.1, 0.15) is 0 Å². The molecule has 2 saturated carbocycles. The van der Waals surface area contributed by atoms with Gasteiger partial charge in [0, 0.05) is 5.04 Å².